The Morgan fingerprint density at radius 2 is 1.56 bits per heavy atom. The Morgan fingerprint density at radius 3 is 2.15 bits per heavy atom. The predicted molar refractivity (Wildman–Crippen MR) is 106 cm³/mol. The minimum absolute atomic E-state index is 0.180. The van der Waals surface area contributed by atoms with Gasteiger partial charge in [-0.15, -0.1) is 0 Å². The zero-order valence-electron chi connectivity index (χ0n) is 16.8. The van der Waals surface area contributed by atoms with Crippen molar-refractivity contribution in [3.05, 3.63) is 64.7 Å². The highest BCUT2D eigenvalue weighted by Gasteiger charge is 2.24. The van der Waals surface area contributed by atoms with Gasteiger partial charge in [-0.25, -0.2) is 9.59 Å². The number of ether oxygens (including phenoxy) is 2. The molecule has 27 heavy (non-hydrogen) atoms. The molecule has 2 rings (SSSR count). The average molecular weight is 368 g/mol. The number of para-hydroxylation sites is 1. The molecule has 2 aromatic carbocycles. The van der Waals surface area contributed by atoms with Crippen molar-refractivity contribution in [2.45, 2.75) is 52.9 Å². The maximum Gasteiger partial charge on any atom is 0.344 e. The van der Waals surface area contributed by atoms with Crippen molar-refractivity contribution in [2.24, 2.45) is 0 Å². The maximum atomic E-state index is 12.9. The number of hydrogen-bond acceptors (Lipinski definition) is 4. The highest BCUT2D eigenvalue weighted by atomic mass is 16.5. The van der Waals surface area contributed by atoms with Crippen molar-refractivity contribution in [3.8, 4) is 5.75 Å². The van der Waals surface area contributed by atoms with Crippen molar-refractivity contribution in [1.29, 1.82) is 0 Å². The fraction of sp³-hybridized carbons (Fsp3) is 0.391. The van der Waals surface area contributed by atoms with Gasteiger partial charge in [0.25, 0.3) is 0 Å². The van der Waals surface area contributed by atoms with Crippen LogP contribution in [0.15, 0.2) is 42.5 Å². The van der Waals surface area contributed by atoms with Gasteiger partial charge in [-0.05, 0) is 36.5 Å². The molecule has 0 atom stereocenters. The second-order valence-electron chi connectivity index (χ2n) is 7.63. The van der Waals surface area contributed by atoms with Crippen LogP contribution in [0.4, 0.5) is 0 Å². The summed E-state index contributed by atoms with van der Waals surface area (Å²) in [5, 5.41) is 0. The molecule has 0 amide bonds. The number of unbranched alkanes of at least 4 members (excludes halogenated alkanes) is 1. The van der Waals surface area contributed by atoms with Crippen LogP contribution in [-0.4, -0.2) is 18.5 Å². The zero-order valence-corrected chi connectivity index (χ0v) is 16.8. The van der Waals surface area contributed by atoms with E-state index in [0.29, 0.717) is 12.4 Å². The van der Waals surface area contributed by atoms with Crippen LogP contribution in [-0.2, 0) is 10.2 Å². The van der Waals surface area contributed by atoms with Crippen molar-refractivity contribution < 1.29 is 19.1 Å². The molecule has 0 unspecified atom stereocenters. The highest BCUT2D eigenvalue weighted by molar-refractivity contribution is 6.03. The van der Waals surface area contributed by atoms with Crippen LogP contribution in [0.2, 0.25) is 0 Å². The Kier molecular flexibility index (Phi) is 6.78. The third-order valence-corrected chi connectivity index (χ3v) is 4.31. The van der Waals surface area contributed by atoms with E-state index in [0.717, 1.165) is 24.0 Å². The van der Waals surface area contributed by atoms with Gasteiger partial charge in [0.1, 0.15) is 5.75 Å². The lowest BCUT2D eigenvalue weighted by Crippen LogP contribution is -2.19. The van der Waals surface area contributed by atoms with Gasteiger partial charge in [-0.1, -0.05) is 64.4 Å². The van der Waals surface area contributed by atoms with Crippen molar-refractivity contribution in [2.75, 3.05) is 6.61 Å². The molecule has 2 aromatic rings. The summed E-state index contributed by atoms with van der Waals surface area (Å²) >= 11 is 0. The van der Waals surface area contributed by atoms with Crippen LogP contribution in [0.3, 0.4) is 0 Å². The number of aryl methyl sites for hydroxylation is 1. The Morgan fingerprint density at radius 1 is 0.926 bits per heavy atom. The van der Waals surface area contributed by atoms with Crippen LogP contribution in [0.25, 0.3) is 0 Å². The molecule has 0 saturated carbocycles. The van der Waals surface area contributed by atoms with Crippen LogP contribution in [0.1, 0.15) is 72.4 Å². The maximum absolute atomic E-state index is 12.9. The van der Waals surface area contributed by atoms with E-state index in [4.69, 9.17) is 9.47 Å². The number of esters is 2. The van der Waals surface area contributed by atoms with Crippen LogP contribution < -0.4 is 4.74 Å². The number of rotatable bonds is 6. The van der Waals surface area contributed by atoms with Crippen molar-refractivity contribution in [3.63, 3.8) is 0 Å². The fourth-order valence-corrected chi connectivity index (χ4v) is 2.75. The Labute approximate surface area is 161 Å². The molecule has 4 heteroatoms. The first-order chi connectivity index (χ1) is 12.8. The fourth-order valence-electron chi connectivity index (χ4n) is 2.75. The summed E-state index contributed by atoms with van der Waals surface area (Å²) in [5.41, 5.74) is 2.07. The predicted octanol–water partition coefficient (Wildman–Crippen LogP) is 5.47. The molecule has 144 valence electrons. The Bertz CT molecular complexity index is 815. The summed E-state index contributed by atoms with van der Waals surface area (Å²) < 4.78 is 11.0. The number of carbonyl (C=O) groups is 2. The van der Waals surface area contributed by atoms with Crippen LogP contribution in [0, 0.1) is 6.92 Å². The minimum atomic E-state index is -0.558. The van der Waals surface area contributed by atoms with E-state index in [-0.39, 0.29) is 16.5 Å². The standard InChI is InChI=1S/C23H28O4/c1-6-7-15-26-21(24)17-12-8-9-13-18(17)22(25)27-20-16(2)11-10-14-19(20)23(3,4)5/h8-14H,6-7,15H2,1-5H3. The molecule has 0 aliphatic rings. The second-order valence-corrected chi connectivity index (χ2v) is 7.63. The van der Waals surface area contributed by atoms with Gasteiger partial charge in [-0.3, -0.25) is 0 Å². The van der Waals surface area contributed by atoms with Gasteiger partial charge in [-0.2, -0.15) is 0 Å². The van der Waals surface area contributed by atoms with E-state index >= 15 is 0 Å². The summed E-state index contributed by atoms with van der Waals surface area (Å²) in [6, 6.07) is 12.4. The van der Waals surface area contributed by atoms with Crippen molar-refractivity contribution in [1.82, 2.24) is 0 Å². The summed E-state index contributed by atoms with van der Waals surface area (Å²) in [5.74, 6) is -0.515. The third-order valence-electron chi connectivity index (χ3n) is 4.31. The van der Waals surface area contributed by atoms with Gasteiger partial charge in [0.15, 0.2) is 0 Å². The lowest BCUT2D eigenvalue weighted by atomic mass is 9.85. The van der Waals surface area contributed by atoms with Crippen molar-refractivity contribution >= 4 is 11.9 Å². The second kappa shape index (κ2) is 8.85. The van der Waals surface area contributed by atoms with Crippen LogP contribution >= 0.6 is 0 Å². The SMILES string of the molecule is CCCCOC(=O)c1ccccc1C(=O)Oc1c(C)cccc1C(C)(C)C. The molecule has 0 aliphatic carbocycles. The molecule has 4 nitrogen and oxygen atoms in total. The Balaban J connectivity index is 2.32. The third kappa shape index (κ3) is 5.19. The molecule has 0 N–H and O–H groups in total. The van der Waals surface area contributed by atoms with Gasteiger partial charge in [0, 0.05) is 5.56 Å². The number of carbonyl (C=O) groups excluding carboxylic acids is 2. The molecular formula is C23H28O4. The normalized spacial score (nSPS) is 11.1. The van der Waals surface area contributed by atoms with E-state index in [9.17, 15) is 9.59 Å². The number of hydrogen-bond donors (Lipinski definition) is 0. The molecule has 0 heterocycles. The molecule has 0 aliphatic heterocycles. The molecule has 0 aromatic heterocycles. The van der Waals surface area contributed by atoms with Gasteiger partial charge in [0.2, 0.25) is 0 Å². The monoisotopic (exact) mass is 368 g/mol. The molecule has 0 bridgehead atoms. The van der Waals surface area contributed by atoms with Crippen LogP contribution in [0.5, 0.6) is 5.75 Å². The molecule has 0 spiro atoms. The molecule has 0 fully saturated rings. The lowest BCUT2D eigenvalue weighted by molar-refractivity contribution is 0.0491. The summed E-state index contributed by atoms with van der Waals surface area (Å²) in [4.78, 5) is 25.2. The topological polar surface area (TPSA) is 52.6 Å². The van der Waals surface area contributed by atoms with Gasteiger partial charge >= 0.3 is 11.9 Å². The van der Waals surface area contributed by atoms with E-state index in [2.05, 4.69) is 20.8 Å². The van der Waals surface area contributed by atoms with Gasteiger partial charge in [0.05, 0.1) is 17.7 Å². The summed E-state index contributed by atoms with van der Waals surface area (Å²) in [6.45, 7) is 10.5. The summed E-state index contributed by atoms with van der Waals surface area (Å²) in [6.07, 6.45) is 1.72. The lowest BCUT2D eigenvalue weighted by Gasteiger charge is -2.23. The first kappa shape index (κ1) is 20.7. The molecule has 0 saturated heterocycles. The first-order valence-electron chi connectivity index (χ1n) is 9.34. The average Bonchev–Trinajstić information content (AvgIpc) is 2.62. The molecule has 0 radical (unpaired) electrons. The van der Waals surface area contributed by atoms with Gasteiger partial charge < -0.3 is 9.47 Å². The largest absolute Gasteiger partial charge is 0.462 e. The van der Waals surface area contributed by atoms with E-state index in [1.54, 1.807) is 24.3 Å². The zero-order chi connectivity index (χ0) is 20.0. The summed E-state index contributed by atoms with van der Waals surface area (Å²) in [7, 11) is 0. The number of benzene rings is 2. The Hall–Kier alpha value is -2.62. The van der Waals surface area contributed by atoms with E-state index in [1.807, 2.05) is 32.0 Å². The van der Waals surface area contributed by atoms with E-state index < -0.39 is 11.9 Å². The quantitative estimate of drug-likeness (QED) is 0.385. The molecular weight excluding hydrogens is 340 g/mol. The first-order valence-corrected chi connectivity index (χ1v) is 9.34. The van der Waals surface area contributed by atoms with E-state index in [1.165, 1.54) is 0 Å². The minimum Gasteiger partial charge on any atom is -0.462 e. The highest BCUT2D eigenvalue weighted by Crippen LogP contribution is 2.34. The smallest absolute Gasteiger partial charge is 0.344 e.